The van der Waals surface area contributed by atoms with E-state index in [-0.39, 0.29) is 5.75 Å². The van der Waals surface area contributed by atoms with Gasteiger partial charge in [-0.25, -0.2) is 0 Å². The highest BCUT2D eigenvalue weighted by atomic mass is 16.5. The summed E-state index contributed by atoms with van der Waals surface area (Å²) in [6.45, 7) is 7.14. The summed E-state index contributed by atoms with van der Waals surface area (Å²) in [4.78, 5) is 0. The van der Waals surface area contributed by atoms with E-state index < -0.39 is 5.60 Å². The number of rotatable bonds is 8. The van der Waals surface area contributed by atoms with Gasteiger partial charge in [0.05, 0.1) is 12.7 Å². The third-order valence-corrected chi connectivity index (χ3v) is 3.37. The molecule has 0 saturated carbocycles. The van der Waals surface area contributed by atoms with Crippen LogP contribution in [0.4, 0.5) is 0 Å². The quantitative estimate of drug-likeness (QED) is 0.685. The third kappa shape index (κ3) is 5.80. The maximum Gasteiger partial charge on any atom is 0.120 e. The summed E-state index contributed by atoms with van der Waals surface area (Å²) in [6.07, 6.45) is 1.76. The maximum absolute atomic E-state index is 10.3. The lowest BCUT2D eigenvalue weighted by molar-refractivity contribution is 0.0450. The molecule has 0 aliphatic heterocycles. The summed E-state index contributed by atoms with van der Waals surface area (Å²) < 4.78 is 5.13. The predicted octanol–water partition coefficient (Wildman–Crippen LogP) is 2.68. The van der Waals surface area contributed by atoms with Crippen molar-refractivity contribution in [2.75, 3.05) is 13.7 Å². The van der Waals surface area contributed by atoms with Gasteiger partial charge in [-0.05, 0) is 43.9 Å². The summed E-state index contributed by atoms with van der Waals surface area (Å²) in [5.41, 5.74) is 0.0441. The molecule has 0 aromatic heterocycles. The standard InChI is InChI=1S/C16H27NO3/c1-12(2)7-8-16(3,19)11-17-10-13-9-14(20-4)5-6-15(13)18/h5-6,9,12,17-19H,7-8,10-11H2,1-4H3. The zero-order chi connectivity index (χ0) is 15.2. The minimum atomic E-state index is -0.723. The van der Waals surface area contributed by atoms with E-state index in [1.54, 1.807) is 25.3 Å². The van der Waals surface area contributed by atoms with E-state index in [0.29, 0.717) is 24.8 Å². The molecule has 0 bridgehead atoms. The Labute approximate surface area is 121 Å². The fraction of sp³-hybridized carbons (Fsp3) is 0.625. The van der Waals surface area contributed by atoms with Crippen LogP contribution in [-0.2, 0) is 6.54 Å². The van der Waals surface area contributed by atoms with Gasteiger partial charge in [-0.15, -0.1) is 0 Å². The monoisotopic (exact) mass is 281 g/mol. The second-order valence-corrected chi connectivity index (χ2v) is 6.03. The first-order valence-electron chi connectivity index (χ1n) is 7.13. The molecule has 4 heteroatoms. The molecule has 1 unspecified atom stereocenters. The number of hydrogen-bond donors (Lipinski definition) is 3. The Morgan fingerprint density at radius 1 is 1.35 bits per heavy atom. The van der Waals surface area contributed by atoms with Crippen molar-refractivity contribution in [1.82, 2.24) is 5.32 Å². The Morgan fingerprint density at radius 3 is 2.65 bits per heavy atom. The van der Waals surface area contributed by atoms with Crippen LogP contribution in [-0.4, -0.2) is 29.5 Å². The number of aromatic hydroxyl groups is 1. The van der Waals surface area contributed by atoms with E-state index in [2.05, 4.69) is 19.2 Å². The van der Waals surface area contributed by atoms with Gasteiger partial charge in [0.25, 0.3) is 0 Å². The smallest absolute Gasteiger partial charge is 0.120 e. The highest BCUT2D eigenvalue weighted by Crippen LogP contribution is 2.23. The van der Waals surface area contributed by atoms with E-state index in [1.165, 1.54) is 0 Å². The second-order valence-electron chi connectivity index (χ2n) is 6.03. The first kappa shape index (κ1) is 16.8. The molecule has 0 radical (unpaired) electrons. The van der Waals surface area contributed by atoms with E-state index in [1.807, 2.05) is 6.92 Å². The van der Waals surface area contributed by atoms with E-state index in [9.17, 15) is 10.2 Å². The molecule has 20 heavy (non-hydrogen) atoms. The number of phenols is 1. The summed E-state index contributed by atoms with van der Waals surface area (Å²) in [7, 11) is 1.60. The van der Waals surface area contributed by atoms with Gasteiger partial charge in [-0.3, -0.25) is 0 Å². The topological polar surface area (TPSA) is 61.7 Å². The lowest BCUT2D eigenvalue weighted by atomic mass is 9.95. The van der Waals surface area contributed by atoms with Crippen molar-refractivity contribution >= 4 is 0 Å². The van der Waals surface area contributed by atoms with E-state index in [0.717, 1.165) is 18.4 Å². The van der Waals surface area contributed by atoms with Crippen molar-refractivity contribution in [2.45, 2.75) is 45.8 Å². The average Bonchev–Trinajstić information content (AvgIpc) is 2.38. The molecule has 1 rings (SSSR count). The maximum atomic E-state index is 10.3. The molecule has 0 aliphatic rings. The van der Waals surface area contributed by atoms with Crippen molar-refractivity contribution in [3.05, 3.63) is 23.8 Å². The zero-order valence-electron chi connectivity index (χ0n) is 12.9. The van der Waals surface area contributed by atoms with Gasteiger partial charge >= 0.3 is 0 Å². The van der Waals surface area contributed by atoms with Gasteiger partial charge in [0.15, 0.2) is 0 Å². The number of aliphatic hydroxyl groups is 1. The molecule has 0 amide bonds. The van der Waals surface area contributed by atoms with E-state index >= 15 is 0 Å². The molecule has 3 N–H and O–H groups in total. The Bertz CT molecular complexity index is 416. The second kappa shape index (κ2) is 7.50. The average molecular weight is 281 g/mol. The molecule has 1 atom stereocenters. The van der Waals surface area contributed by atoms with Crippen LogP contribution >= 0.6 is 0 Å². The zero-order valence-corrected chi connectivity index (χ0v) is 12.9. The largest absolute Gasteiger partial charge is 0.508 e. The number of methoxy groups -OCH3 is 1. The van der Waals surface area contributed by atoms with Crippen LogP contribution in [0.5, 0.6) is 11.5 Å². The molecule has 114 valence electrons. The molecule has 0 aliphatic carbocycles. The van der Waals surface area contributed by atoms with Gasteiger partial charge in [-0.2, -0.15) is 0 Å². The number of benzene rings is 1. The molecule has 1 aromatic rings. The minimum absolute atomic E-state index is 0.236. The van der Waals surface area contributed by atoms with Gasteiger partial charge < -0.3 is 20.3 Å². The highest BCUT2D eigenvalue weighted by molar-refractivity contribution is 5.39. The highest BCUT2D eigenvalue weighted by Gasteiger charge is 2.20. The van der Waals surface area contributed by atoms with Crippen molar-refractivity contribution < 1.29 is 14.9 Å². The summed E-state index contributed by atoms with van der Waals surface area (Å²) in [5, 5.41) is 23.2. The summed E-state index contributed by atoms with van der Waals surface area (Å²) in [5.74, 6) is 1.54. The first-order chi connectivity index (χ1) is 9.34. The number of hydrogen-bond acceptors (Lipinski definition) is 4. The van der Waals surface area contributed by atoms with Crippen LogP contribution in [0.15, 0.2) is 18.2 Å². The molecular weight excluding hydrogens is 254 g/mol. The summed E-state index contributed by atoms with van der Waals surface area (Å²) in [6, 6.07) is 5.13. The van der Waals surface area contributed by atoms with Crippen molar-refractivity contribution in [3.63, 3.8) is 0 Å². The van der Waals surface area contributed by atoms with Crippen LogP contribution in [0, 0.1) is 5.92 Å². The SMILES string of the molecule is COc1ccc(O)c(CNCC(C)(O)CCC(C)C)c1. The molecule has 0 spiro atoms. The number of nitrogens with one attached hydrogen (secondary N) is 1. The predicted molar refractivity (Wildman–Crippen MR) is 81.1 cm³/mol. The first-order valence-corrected chi connectivity index (χ1v) is 7.13. The van der Waals surface area contributed by atoms with Crippen molar-refractivity contribution in [1.29, 1.82) is 0 Å². The fourth-order valence-corrected chi connectivity index (χ4v) is 1.98. The van der Waals surface area contributed by atoms with Crippen LogP contribution in [0.3, 0.4) is 0 Å². The van der Waals surface area contributed by atoms with Gasteiger partial charge in [0, 0.05) is 18.7 Å². The van der Waals surface area contributed by atoms with Crippen LogP contribution < -0.4 is 10.1 Å². The van der Waals surface area contributed by atoms with Crippen LogP contribution in [0.1, 0.15) is 39.2 Å². The Balaban J connectivity index is 2.47. The minimum Gasteiger partial charge on any atom is -0.508 e. The Morgan fingerprint density at radius 2 is 2.05 bits per heavy atom. The van der Waals surface area contributed by atoms with Crippen molar-refractivity contribution in [3.8, 4) is 11.5 Å². The molecular formula is C16H27NO3. The fourth-order valence-electron chi connectivity index (χ4n) is 1.98. The van der Waals surface area contributed by atoms with Gasteiger partial charge in [-0.1, -0.05) is 13.8 Å². The molecule has 4 nitrogen and oxygen atoms in total. The third-order valence-electron chi connectivity index (χ3n) is 3.37. The van der Waals surface area contributed by atoms with Crippen LogP contribution in [0.2, 0.25) is 0 Å². The summed E-state index contributed by atoms with van der Waals surface area (Å²) >= 11 is 0. The number of ether oxygens (including phenoxy) is 1. The van der Waals surface area contributed by atoms with E-state index in [4.69, 9.17) is 4.74 Å². The lowest BCUT2D eigenvalue weighted by Gasteiger charge is -2.24. The van der Waals surface area contributed by atoms with Crippen molar-refractivity contribution in [2.24, 2.45) is 5.92 Å². The molecule has 0 saturated heterocycles. The van der Waals surface area contributed by atoms with Crippen LogP contribution in [0.25, 0.3) is 0 Å². The Hall–Kier alpha value is -1.26. The van der Waals surface area contributed by atoms with Gasteiger partial charge in [0.2, 0.25) is 0 Å². The van der Waals surface area contributed by atoms with Gasteiger partial charge in [0.1, 0.15) is 11.5 Å². The number of phenolic OH excluding ortho intramolecular Hbond substituents is 1. The molecule has 0 fully saturated rings. The molecule has 0 heterocycles. The molecule has 1 aromatic carbocycles. The normalized spacial score (nSPS) is 14.3. The lowest BCUT2D eigenvalue weighted by Crippen LogP contribution is -2.37. The Kier molecular flexibility index (Phi) is 6.30.